The third-order valence-corrected chi connectivity index (χ3v) is 4.50. The average Bonchev–Trinajstić information content (AvgIpc) is 3.05. The summed E-state index contributed by atoms with van der Waals surface area (Å²) in [5.74, 6) is 1.91. The number of ether oxygens (including phenoxy) is 1. The van der Waals surface area contributed by atoms with Crippen LogP contribution in [0.3, 0.4) is 0 Å². The molecule has 4 heteroatoms. The van der Waals surface area contributed by atoms with Gasteiger partial charge in [0.05, 0.1) is 17.6 Å². The van der Waals surface area contributed by atoms with E-state index in [0.29, 0.717) is 0 Å². The van der Waals surface area contributed by atoms with Gasteiger partial charge in [-0.2, -0.15) is 0 Å². The Labute approximate surface area is 142 Å². The number of rotatable bonds is 10. The molecule has 1 aliphatic rings. The van der Waals surface area contributed by atoms with E-state index in [4.69, 9.17) is 4.74 Å². The molecule has 1 N–H and O–H groups in total. The van der Waals surface area contributed by atoms with Crippen LogP contribution >= 0.6 is 15.9 Å². The Balaban J connectivity index is 1.67. The summed E-state index contributed by atoms with van der Waals surface area (Å²) >= 11 is 3.60. The normalized spacial score (nSPS) is 13.8. The SMILES string of the molecule is CCCCCCCCCOc1ccc(C2=NCCN2)cc1Br. The Hall–Kier alpha value is -1.03. The van der Waals surface area contributed by atoms with Gasteiger partial charge in [0.15, 0.2) is 0 Å². The number of halogens is 1. The van der Waals surface area contributed by atoms with Crippen molar-refractivity contribution in [1.82, 2.24) is 5.32 Å². The van der Waals surface area contributed by atoms with E-state index >= 15 is 0 Å². The molecule has 1 aromatic rings. The lowest BCUT2D eigenvalue weighted by Gasteiger charge is -2.10. The second-order valence-corrected chi connectivity index (χ2v) is 6.63. The highest BCUT2D eigenvalue weighted by molar-refractivity contribution is 9.10. The standard InChI is InChI=1S/C18H27BrN2O/c1-2-3-4-5-6-7-8-13-22-17-10-9-15(14-16(17)19)18-20-11-12-21-18/h9-10,14H,2-8,11-13H2,1H3,(H,20,21). The highest BCUT2D eigenvalue weighted by atomic mass is 79.9. The Morgan fingerprint density at radius 1 is 1.14 bits per heavy atom. The van der Waals surface area contributed by atoms with E-state index in [1.807, 2.05) is 6.07 Å². The lowest BCUT2D eigenvalue weighted by Crippen LogP contribution is -2.19. The molecule has 0 fully saturated rings. The minimum atomic E-state index is 0.797. The molecular weight excluding hydrogens is 340 g/mol. The van der Waals surface area contributed by atoms with Gasteiger partial charge in [-0.25, -0.2) is 0 Å². The third kappa shape index (κ3) is 5.64. The lowest BCUT2D eigenvalue weighted by molar-refractivity contribution is 0.302. The molecule has 0 saturated heterocycles. The number of nitrogens with zero attached hydrogens (tertiary/aromatic N) is 1. The van der Waals surface area contributed by atoms with E-state index in [-0.39, 0.29) is 0 Å². The quantitative estimate of drug-likeness (QED) is 0.595. The summed E-state index contributed by atoms with van der Waals surface area (Å²) in [6.45, 7) is 4.85. The molecule has 22 heavy (non-hydrogen) atoms. The summed E-state index contributed by atoms with van der Waals surface area (Å²) in [4.78, 5) is 4.44. The maximum absolute atomic E-state index is 5.87. The summed E-state index contributed by atoms with van der Waals surface area (Å²) in [6, 6.07) is 6.18. The molecule has 2 rings (SSSR count). The van der Waals surface area contributed by atoms with Crippen molar-refractivity contribution in [2.24, 2.45) is 4.99 Å². The van der Waals surface area contributed by atoms with Crippen LogP contribution in [0.4, 0.5) is 0 Å². The van der Waals surface area contributed by atoms with Crippen LogP contribution in [-0.2, 0) is 0 Å². The molecule has 0 aromatic heterocycles. The van der Waals surface area contributed by atoms with E-state index in [0.717, 1.165) is 47.7 Å². The molecule has 0 unspecified atom stereocenters. The van der Waals surface area contributed by atoms with Crippen LogP contribution in [0, 0.1) is 0 Å². The number of aliphatic imine (C=N–C) groups is 1. The van der Waals surface area contributed by atoms with Gasteiger partial charge in [-0.1, -0.05) is 45.4 Å². The van der Waals surface area contributed by atoms with Gasteiger partial charge in [0.2, 0.25) is 0 Å². The van der Waals surface area contributed by atoms with E-state index < -0.39 is 0 Å². The highest BCUT2D eigenvalue weighted by Gasteiger charge is 2.10. The van der Waals surface area contributed by atoms with Crippen LogP contribution in [0.2, 0.25) is 0 Å². The highest BCUT2D eigenvalue weighted by Crippen LogP contribution is 2.26. The Morgan fingerprint density at radius 3 is 2.59 bits per heavy atom. The van der Waals surface area contributed by atoms with Gasteiger partial charge in [0.1, 0.15) is 11.6 Å². The molecule has 0 radical (unpaired) electrons. The van der Waals surface area contributed by atoms with Crippen molar-refractivity contribution in [2.75, 3.05) is 19.7 Å². The van der Waals surface area contributed by atoms with Crippen molar-refractivity contribution in [3.8, 4) is 5.75 Å². The van der Waals surface area contributed by atoms with Gasteiger partial charge in [-0.3, -0.25) is 4.99 Å². The fourth-order valence-corrected chi connectivity index (χ4v) is 3.09. The van der Waals surface area contributed by atoms with Crippen molar-refractivity contribution in [2.45, 2.75) is 51.9 Å². The van der Waals surface area contributed by atoms with Gasteiger partial charge >= 0.3 is 0 Å². The molecule has 3 nitrogen and oxygen atoms in total. The zero-order valence-electron chi connectivity index (χ0n) is 13.5. The second-order valence-electron chi connectivity index (χ2n) is 5.77. The minimum absolute atomic E-state index is 0.797. The molecule has 122 valence electrons. The summed E-state index contributed by atoms with van der Waals surface area (Å²) in [6.07, 6.45) is 9.15. The lowest BCUT2D eigenvalue weighted by atomic mass is 10.1. The fourth-order valence-electron chi connectivity index (χ4n) is 2.60. The number of unbranched alkanes of at least 4 members (excludes halogenated alkanes) is 6. The first-order valence-corrected chi connectivity index (χ1v) is 9.31. The van der Waals surface area contributed by atoms with E-state index in [2.05, 4.69) is 45.3 Å². The molecule has 0 aliphatic carbocycles. The van der Waals surface area contributed by atoms with Crippen LogP contribution in [0.1, 0.15) is 57.4 Å². The van der Waals surface area contributed by atoms with E-state index in [1.54, 1.807) is 0 Å². The zero-order chi connectivity index (χ0) is 15.6. The Kier molecular flexibility index (Phi) is 7.78. The molecule has 1 aliphatic heterocycles. The second kappa shape index (κ2) is 9.88. The monoisotopic (exact) mass is 366 g/mol. The number of hydrogen-bond acceptors (Lipinski definition) is 3. The van der Waals surface area contributed by atoms with Crippen LogP contribution in [0.5, 0.6) is 5.75 Å². The molecule has 0 bridgehead atoms. The zero-order valence-corrected chi connectivity index (χ0v) is 15.1. The van der Waals surface area contributed by atoms with E-state index in [9.17, 15) is 0 Å². The van der Waals surface area contributed by atoms with Crippen molar-refractivity contribution in [1.29, 1.82) is 0 Å². The summed E-state index contributed by atoms with van der Waals surface area (Å²) in [7, 11) is 0. The van der Waals surface area contributed by atoms with Crippen molar-refractivity contribution in [3.05, 3.63) is 28.2 Å². The molecule has 1 heterocycles. The van der Waals surface area contributed by atoms with Crippen molar-refractivity contribution >= 4 is 21.8 Å². The third-order valence-electron chi connectivity index (χ3n) is 3.88. The number of amidine groups is 1. The van der Waals surface area contributed by atoms with Crippen LogP contribution in [-0.4, -0.2) is 25.5 Å². The van der Waals surface area contributed by atoms with Gasteiger partial charge in [-0.15, -0.1) is 0 Å². The van der Waals surface area contributed by atoms with Crippen molar-refractivity contribution < 1.29 is 4.74 Å². The maximum atomic E-state index is 5.87. The molecule has 0 atom stereocenters. The van der Waals surface area contributed by atoms with Gasteiger partial charge in [-0.05, 0) is 40.5 Å². The Bertz CT molecular complexity index is 488. The molecule has 0 spiro atoms. The first-order chi connectivity index (χ1) is 10.8. The van der Waals surface area contributed by atoms with Crippen LogP contribution in [0.25, 0.3) is 0 Å². The Morgan fingerprint density at radius 2 is 1.91 bits per heavy atom. The average molecular weight is 367 g/mol. The van der Waals surface area contributed by atoms with Gasteiger partial charge in [0, 0.05) is 12.1 Å². The predicted octanol–water partition coefficient (Wildman–Crippen LogP) is 4.93. The number of hydrogen-bond donors (Lipinski definition) is 1. The first kappa shape index (κ1) is 17.3. The largest absolute Gasteiger partial charge is 0.492 e. The summed E-state index contributed by atoms with van der Waals surface area (Å²) in [5, 5.41) is 3.29. The summed E-state index contributed by atoms with van der Waals surface area (Å²) < 4.78 is 6.88. The maximum Gasteiger partial charge on any atom is 0.133 e. The van der Waals surface area contributed by atoms with Gasteiger partial charge in [0.25, 0.3) is 0 Å². The van der Waals surface area contributed by atoms with Crippen LogP contribution in [0.15, 0.2) is 27.7 Å². The van der Waals surface area contributed by atoms with Gasteiger partial charge < -0.3 is 10.1 Å². The smallest absolute Gasteiger partial charge is 0.133 e. The number of benzene rings is 1. The molecule has 1 aromatic carbocycles. The van der Waals surface area contributed by atoms with Crippen LogP contribution < -0.4 is 10.1 Å². The molecule has 0 amide bonds. The number of nitrogens with one attached hydrogen (secondary N) is 1. The molecular formula is C18H27BrN2O. The topological polar surface area (TPSA) is 33.6 Å². The first-order valence-electron chi connectivity index (χ1n) is 8.52. The minimum Gasteiger partial charge on any atom is -0.492 e. The predicted molar refractivity (Wildman–Crippen MR) is 97.0 cm³/mol. The van der Waals surface area contributed by atoms with E-state index in [1.165, 1.54) is 38.5 Å². The van der Waals surface area contributed by atoms with Crippen molar-refractivity contribution in [3.63, 3.8) is 0 Å². The molecule has 0 saturated carbocycles. The summed E-state index contributed by atoms with van der Waals surface area (Å²) in [5.41, 5.74) is 1.12. The fraction of sp³-hybridized carbons (Fsp3) is 0.611.